The van der Waals surface area contributed by atoms with Crippen LogP contribution in [0.3, 0.4) is 0 Å². The zero-order valence-corrected chi connectivity index (χ0v) is 18.6. The van der Waals surface area contributed by atoms with E-state index in [2.05, 4.69) is 4.90 Å². The van der Waals surface area contributed by atoms with Crippen LogP contribution in [-0.4, -0.2) is 38.9 Å². The molecule has 0 bridgehead atoms. The lowest BCUT2D eigenvalue weighted by Gasteiger charge is -2.31. The van der Waals surface area contributed by atoms with Crippen molar-refractivity contribution in [2.75, 3.05) is 25.1 Å². The van der Waals surface area contributed by atoms with Crippen LogP contribution >= 0.6 is 11.3 Å². The first-order valence-corrected chi connectivity index (χ1v) is 12.3. The Kier molecular flexibility index (Phi) is 6.24. The lowest BCUT2D eigenvalue weighted by molar-refractivity contribution is 0.410. The van der Waals surface area contributed by atoms with E-state index in [1.54, 1.807) is 7.11 Å². The van der Waals surface area contributed by atoms with Gasteiger partial charge in [-0.3, -0.25) is 0 Å². The van der Waals surface area contributed by atoms with Crippen LogP contribution in [0.15, 0.2) is 52.7 Å². The predicted molar refractivity (Wildman–Crippen MR) is 117 cm³/mol. The van der Waals surface area contributed by atoms with E-state index in [1.807, 2.05) is 29.6 Å². The van der Waals surface area contributed by atoms with Gasteiger partial charge in [-0.05, 0) is 31.0 Å². The average Bonchev–Trinajstić information content (AvgIpc) is 3.22. The minimum Gasteiger partial charge on any atom is -0.496 e. The molecule has 1 saturated heterocycles. The van der Waals surface area contributed by atoms with Gasteiger partial charge in [-0.1, -0.05) is 18.2 Å². The minimum atomic E-state index is -3.86. The number of halogens is 2. The summed E-state index contributed by atoms with van der Waals surface area (Å²) in [6, 6.07) is 10.4. The second kappa shape index (κ2) is 8.92. The maximum absolute atomic E-state index is 14.0. The van der Waals surface area contributed by atoms with Crippen molar-refractivity contribution >= 4 is 26.3 Å². The second-order valence-corrected chi connectivity index (χ2v) is 10.4. The van der Waals surface area contributed by atoms with E-state index in [1.165, 1.54) is 11.3 Å². The smallest absolute Gasteiger partial charge is 0.185 e. The van der Waals surface area contributed by atoms with Gasteiger partial charge >= 0.3 is 0 Å². The van der Waals surface area contributed by atoms with Crippen LogP contribution in [0.5, 0.6) is 5.75 Å². The van der Waals surface area contributed by atoms with Crippen molar-refractivity contribution < 1.29 is 21.9 Å². The molecule has 0 aliphatic carbocycles. The number of benzene rings is 2. The number of thiazole rings is 1. The zero-order valence-electron chi connectivity index (χ0n) is 16.9. The topological polar surface area (TPSA) is 59.5 Å². The van der Waals surface area contributed by atoms with Gasteiger partial charge < -0.3 is 9.64 Å². The molecule has 3 aromatic rings. The van der Waals surface area contributed by atoms with Crippen LogP contribution in [0, 0.1) is 11.6 Å². The summed E-state index contributed by atoms with van der Waals surface area (Å²) in [6.07, 6.45) is 1.37. The zero-order chi connectivity index (χ0) is 22.0. The molecule has 4 rings (SSSR count). The van der Waals surface area contributed by atoms with E-state index in [9.17, 15) is 17.2 Å². The van der Waals surface area contributed by atoms with E-state index < -0.39 is 31.6 Å². The molecule has 0 N–H and O–H groups in total. The molecule has 0 radical (unpaired) electrons. The van der Waals surface area contributed by atoms with Gasteiger partial charge in [-0.15, -0.1) is 11.3 Å². The van der Waals surface area contributed by atoms with Crippen molar-refractivity contribution in [3.05, 3.63) is 70.7 Å². The van der Waals surface area contributed by atoms with Crippen molar-refractivity contribution in [3.63, 3.8) is 0 Å². The molecule has 1 aromatic heterocycles. The van der Waals surface area contributed by atoms with Crippen molar-refractivity contribution in [2.45, 2.75) is 29.4 Å². The number of nitrogens with zero attached hydrogens (tertiary/aromatic N) is 2. The Labute approximate surface area is 184 Å². The summed E-state index contributed by atoms with van der Waals surface area (Å²) in [4.78, 5) is 6.34. The van der Waals surface area contributed by atoms with Gasteiger partial charge in [-0.2, -0.15) is 0 Å². The van der Waals surface area contributed by atoms with Crippen LogP contribution in [0.1, 0.15) is 24.1 Å². The fourth-order valence-electron chi connectivity index (χ4n) is 3.81. The largest absolute Gasteiger partial charge is 0.496 e. The van der Waals surface area contributed by atoms with Crippen molar-refractivity contribution in [1.82, 2.24) is 4.98 Å². The predicted octanol–water partition coefficient (Wildman–Crippen LogP) is 4.46. The van der Waals surface area contributed by atoms with Crippen molar-refractivity contribution in [2.24, 2.45) is 0 Å². The van der Waals surface area contributed by atoms with Crippen LogP contribution < -0.4 is 9.64 Å². The highest BCUT2D eigenvalue weighted by Crippen LogP contribution is 2.31. The third-order valence-corrected chi connectivity index (χ3v) is 8.70. The molecule has 31 heavy (non-hydrogen) atoms. The molecule has 164 valence electrons. The number of aromatic nitrogens is 1. The summed E-state index contributed by atoms with van der Waals surface area (Å²) in [5.41, 5.74) is 1.97. The molecule has 1 aliphatic rings. The molecule has 0 unspecified atom stereocenters. The molecule has 0 atom stereocenters. The van der Waals surface area contributed by atoms with Crippen LogP contribution in [0.25, 0.3) is 0 Å². The van der Waals surface area contributed by atoms with Gasteiger partial charge in [0.25, 0.3) is 0 Å². The highest BCUT2D eigenvalue weighted by atomic mass is 32.2. The Bertz CT molecular complexity index is 1170. The number of sulfone groups is 1. The molecular weight excluding hydrogens is 442 g/mol. The number of hydrogen-bond donors (Lipinski definition) is 0. The Hall–Kier alpha value is -2.52. The first kappa shape index (κ1) is 21.7. The first-order chi connectivity index (χ1) is 14.9. The second-order valence-electron chi connectivity index (χ2n) is 7.42. The lowest BCUT2D eigenvalue weighted by Crippen LogP contribution is -2.39. The average molecular weight is 465 g/mol. The van der Waals surface area contributed by atoms with Gasteiger partial charge in [0, 0.05) is 36.5 Å². The third kappa shape index (κ3) is 4.57. The number of methoxy groups -OCH3 is 1. The summed E-state index contributed by atoms with van der Waals surface area (Å²) in [6.45, 7) is 1.02. The van der Waals surface area contributed by atoms with Crippen LogP contribution in [0.4, 0.5) is 13.9 Å². The van der Waals surface area contributed by atoms with E-state index in [0.29, 0.717) is 38.4 Å². The van der Waals surface area contributed by atoms with E-state index in [0.717, 1.165) is 34.3 Å². The molecule has 2 heterocycles. The molecule has 1 aliphatic heterocycles. The van der Waals surface area contributed by atoms with Crippen molar-refractivity contribution in [3.8, 4) is 5.75 Å². The standard InChI is InChI=1S/C22H22F2N2O3S2/c1-29-20-5-3-2-4-15(20)12-17-14-30-22(25-17)26-10-8-18(9-11-26)31(27,28)21-7-6-16(23)13-19(21)24/h2-7,13-14,18H,8-12H2,1H3. The fraction of sp³-hybridized carbons (Fsp3) is 0.318. The highest BCUT2D eigenvalue weighted by Gasteiger charge is 2.34. The van der Waals surface area contributed by atoms with Gasteiger partial charge in [0.2, 0.25) is 0 Å². The summed E-state index contributed by atoms with van der Waals surface area (Å²) < 4.78 is 58.2. The maximum Gasteiger partial charge on any atom is 0.185 e. The summed E-state index contributed by atoms with van der Waals surface area (Å²) in [7, 11) is -2.22. The minimum absolute atomic E-state index is 0.362. The number of anilines is 1. The third-order valence-electron chi connectivity index (χ3n) is 5.46. The fourth-order valence-corrected chi connectivity index (χ4v) is 6.47. The Morgan fingerprint density at radius 2 is 1.90 bits per heavy atom. The first-order valence-electron chi connectivity index (χ1n) is 9.88. The SMILES string of the molecule is COc1ccccc1Cc1csc(N2CCC(S(=O)(=O)c3ccc(F)cc3F)CC2)n1. The van der Waals surface area contributed by atoms with Gasteiger partial charge in [0.05, 0.1) is 18.1 Å². The van der Waals surface area contributed by atoms with E-state index in [-0.39, 0.29) is 0 Å². The number of hydrogen-bond acceptors (Lipinski definition) is 6. The molecule has 0 saturated carbocycles. The van der Waals surface area contributed by atoms with Crippen LogP contribution in [0.2, 0.25) is 0 Å². The molecule has 0 spiro atoms. The molecule has 9 heteroatoms. The van der Waals surface area contributed by atoms with Gasteiger partial charge in [0.15, 0.2) is 15.0 Å². The Morgan fingerprint density at radius 3 is 2.61 bits per heavy atom. The van der Waals surface area contributed by atoms with Crippen molar-refractivity contribution in [1.29, 1.82) is 0 Å². The summed E-state index contributed by atoms with van der Waals surface area (Å²) >= 11 is 1.52. The Morgan fingerprint density at radius 1 is 1.16 bits per heavy atom. The maximum atomic E-state index is 14.0. The number of piperidine rings is 1. The normalized spacial score (nSPS) is 15.3. The lowest BCUT2D eigenvalue weighted by atomic mass is 10.1. The van der Waals surface area contributed by atoms with Crippen LogP contribution in [-0.2, 0) is 16.3 Å². The van der Waals surface area contributed by atoms with Gasteiger partial charge in [-0.25, -0.2) is 22.2 Å². The monoisotopic (exact) mass is 464 g/mol. The molecule has 5 nitrogen and oxygen atoms in total. The number of ether oxygens (including phenoxy) is 1. The molecule has 2 aromatic carbocycles. The Balaban J connectivity index is 1.42. The quantitative estimate of drug-likeness (QED) is 0.504. The molecule has 1 fully saturated rings. The summed E-state index contributed by atoms with van der Waals surface area (Å²) in [5.74, 6) is -1.02. The highest BCUT2D eigenvalue weighted by molar-refractivity contribution is 7.92. The summed E-state index contributed by atoms with van der Waals surface area (Å²) in [5, 5.41) is 2.14. The van der Waals surface area contributed by atoms with E-state index in [4.69, 9.17) is 9.72 Å². The van der Waals surface area contributed by atoms with E-state index >= 15 is 0 Å². The van der Waals surface area contributed by atoms with Gasteiger partial charge in [0.1, 0.15) is 22.3 Å². The molecular formula is C22H22F2N2O3S2. The number of para-hydroxylation sites is 1. The molecule has 0 amide bonds. The number of rotatable bonds is 6.